The van der Waals surface area contributed by atoms with Crippen LogP contribution in [0.2, 0.25) is 0 Å². The lowest BCUT2D eigenvalue weighted by Crippen LogP contribution is -2.49. The van der Waals surface area contributed by atoms with Crippen LogP contribution in [0.15, 0.2) is 27.1 Å². The van der Waals surface area contributed by atoms with Crippen molar-refractivity contribution < 1.29 is 0 Å². The molecule has 0 amide bonds. The maximum absolute atomic E-state index is 3.67. The first-order valence-electron chi connectivity index (χ1n) is 5.92. The Labute approximate surface area is 120 Å². The van der Waals surface area contributed by atoms with Gasteiger partial charge in [0.1, 0.15) is 0 Å². The number of hydrogen-bond acceptors (Lipinski definition) is 2. The molecule has 4 heteroatoms. The molecule has 1 atom stereocenters. The third-order valence-electron chi connectivity index (χ3n) is 3.42. The van der Waals surface area contributed by atoms with Crippen LogP contribution >= 0.6 is 31.9 Å². The predicted octanol–water partition coefficient (Wildman–Crippen LogP) is 4.01. The van der Waals surface area contributed by atoms with E-state index in [0.717, 1.165) is 34.1 Å². The Bertz CT molecular complexity index is 384. The second-order valence-corrected chi connectivity index (χ2v) is 6.96. The number of para-hydroxylation sites is 1. The lowest BCUT2D eigenvalue weighted by atomic mass is 9.80. The Balaban J connectivity index is 2.20. The zero-order valence-electron chi connectivity index (χ0n) is 10.2. The zero-order chi connectivity index (χ0) is 12.5. The number of piperidine rings is 1. The molecule has 1 heterocycles. The lowest BCUT2D eigenvalue weighted by Gasteiger charge is -2.40. The van der Waals surface area contributed by atoms with E-state index in [1.807, 2.05) is 6.07 Å². The Hall–Kier alpha value is -0.0600. The van der Waals surface area contributed by atoms with E-state index in [2.05, 4.69) is 68.5 Å². The highest BCUT2D eigenvalue weighted by Crippen LogP contribution is 2.35. The highest BCUT2D eigenvalue weighted by Gasteiger charge is 2.32. The van der Waals surface area contributed by atoms with Gasteiger partial charge in [-0.15, -0.1) is 0 Å². The van der Waals surface area contributed by atoms with Crippen molar-refractivity contribution >= 4 is 37.5 Å². The quantitative estimate of drug-likeness (QED) is 0.831. The predicted molar refractivity (Wildman–Crippen MR) is 80.5 cm³/mol. The number of nitrogens with one attached hydrogen (secondary N) is 2. The second-order valence-electron chi connectivity index (χ2n) is 5.25. The maximum atomic E-state index is 3.67. The largest absolute Gasteiger partial charge is 0.380 e. The second kappa shape index (κ2) is 5.29. The Morgan fingerprint density at radius 2 is 1.94 bits per heavy atom. The van der Waals surface area contributed by atoms with Gasteiger partial charge in [0.2, 0.25) is 0 Å². The molecule has 0 aliphatic carbocycles. The van der Waals surface area contributed by atoms with Gasteiger partial charge in [0, 0.05) is 21.5 Å². The minimum Gasteiger partial charge on any atom is -0.380 e. The van der Waals surface area contributed by atoms with E-state index in [1.165, 1.54) is 0 Å². The van der Waals surface area contributed by atoms with Crippen molar-refractivity contribution in [2.24, 2.45) is 5.41 Å². The maximum Gasteiger partial charge on any atom is 0.0631 e. The Kier molecular flexibility index (Phi) is 4.16. The van der Waals surface area contributed by atoms with Gasteiger partial charge in [-0.25, -0.2) is 0 Å². The standard InChI is InChI=1S/C13H18Br2N2/c1-13(2)8-16-7-6-11(13)17-12-9(14)4-3-5-10(12)15/h3-5,11,16-17H,6-8H2,1-2H3. The van der Waals surface area contributed by atoms with E-state index in [4.69, 9.17) is 0 Å². The molecule has 1 unspecified atom stereocenters. The van der Waals surface area contributed by atoms with E-state index in [0.29, 0.717) is 6.04 Å². The van der Waals surface area contributed by atoms with Crippen LogP contribution in [-0.4, -0.2) is 19.1 Å². The molecule has 0 aromatic heterocycles. The minimum atomic E-state index is 0.271. The smallest absolute Gasteiger partial charge is 0.0631 e. The average molecular weight is 362 g/mol. The molecule has 1 fully saturated rings. The van der Waals surface area contributed by atoms with Gasteiger partial charge in [-0.2, -0.15) is 0 Å². The van der Waals surface area contributed by atoms with Gasteiger partial charge in [0.15, 0.2) is 0 Å². The SMILES string of the molecule is CC1(C)CNCCC1Nc1c(Br)cccc1Br. The van der Waals surface area contributed by atoms with E-state index >= 15 is 0 Å². The van der Waals surface area contributed by atoms with Crippen molar-refractivity contribution in [2.45, 2.75) is 26.3 Å². The molecule has 2 nitrogen and oxygen atoms in total. The number of halogens is 2. The minimum absolute atomic E-state index is 0.271. The fourth-order valence-electron chi connectivity index (χ4n) is 2.25. The molecule has 1 aromatic rings. The molecule has 17 heavy (non-hydrogen) atoms. The molecule has 0 radical (unpaired) electrons. The van der Waals surface area contributed by atoms with Crippen molar-refractivity contribution in [3.63, 3.8) is 0 Å². The summed E-state index contributed by atoms with van der Waals surface area (Å²) in [7, 11) is 0. The summed E-state index contributed by atoms with van der Waals surface area (Å²) >= 11 is 7.21. The topological polar surface area (TPSA) is 24.1 Å². The Morgan fingerprint density at radius 1 is 1.29 bits per heavy atom. The molecule has 1 aromatic carbocycles. The fraction of sp³-hybridized carbons (Fsp3) is 0.538. The van der Waals surface area contributed by atoms with Crippen LogP contribution in [0.5, 0.6) is 0 Å². The highest BCUT2D eigenvalue weighted by molar-refractivity contribution is 9.11. The van der Waals surface area contributed by atoms with Crippen LogP contribution in [0.4, 0.5) is 5.69 Å². The van der Waals surface area contributed by atoms with Crippen molar-refractivity contribution in [1.82, 2.24) is 5.32 Å². The molecule has 2 rings (SSSR count). The van der Waals surface area contributed by atoms with Gasteiger partial charge in [0.25, 0.3) is 0 Å². The first kappa shape index (κ1) is 13.4. The van der Waals surface area contributed by atoms with Crippen LogP contribution in [0, 0.1) is 5.41 Å². The summed E-state index contributed by atoms with van der Waals surface area (Å²) in [5, 5.41) is 7.13. The Morgan fingerprint density at radius 3 is 2.53 bits per heavy atom. The lowest BCUT2D eigenvalue weighted by molar-refractivity contribution is 0.236. The summed E-state index contributed by atoms with van der Waals surface area (Å²) in [5.74, 6) is 0. The fourth-order valence-corrected chi connectivity index (χ4v) is 3.48. The van der Waals surface area contributed by atoms with Crippen molar-refractivity contribution in [2.75, 3.05) is 18.4 Å². The van der Waals surface area contributed by atoms with Gasteiger partial charge in [-0.1, -0.05) is 19.9 Å². The van der Waals surface area contributed by atoms with Crippen molar-refractivity contribution in [3.8, 4) is 0 Å². The summed E-state index contributed by atoms with van der Waals surface area (Å²) in [5.41, 5.74) is 1.43. The van der Waals surface area contributed by atoms with E-state index < -0.39 is 0 Å². The van der Waals surface area contributed by atoms with Crippen molar-refractivity contribution in [3.05, 3.63) is 27.1 Å². The molecule has 0 bridgehead atoms. The molecule has 1 aliphatic rings. The third-order valence-corrected chi connectivity index (χ3v) is 4.74. The summed E-state index contributed by atoms with van der Waals surface area (Å²) in [6.45, 7) is 6.76. The van der Waals surface area contributed by atoms with E-state index in [9.17, 15) is 0 Å². The van der Waals surface area contributed by atoms with Crippen LogP contribution in [0.1, 0.15) is 20.3 Å². The van der Waals surface area contributed by atoms with Crippen LogP contribution < -0.4 is 10.6 Å². The molecular formula is C13H18Br2N2. The van der Waals surface area contributed by atoms with Gasteiger partial charge in [-0.3, -0.25) is 0 Å². The van der Waals surface area contributed by atoms with Gasteiger partial charge in [0.05, 0.1) is 5.69 Å². The zero-order valence-corrected chi connectivity index (χ0v) is 13.4. The van der Waals surface area contributed by atoms with Gasteiger partial charge < -0.3 is 10.6 Å². The number of rotatable bonds is 2. The first-order chi connectivity index (χ1) is 8.00. The summed E-state index contributed by atoms with van der Waals surface area (Å²) in [6, 6.07) is 6.67. The summed E-state index contributed by atoms with van der Waals surface area (Å²) in [6.07, 6.45) is 1.15. The molecule has 0 saturated carbocycles. The monoisotopic (exact) mass is 360 g/mol. The third kappa shape index (κ3) is 3.04. The average Bonchev–Trinajstić information content (AvgIpc) is 2.25. The van der Waals surface area contributed by atoms with Crippen molar-refractivity contribution in [1.29, 1.82) is 0 Å². The number of benzene rings is 1. The normalized spacial score (nSPS) is 23.4. The number of hydrogen-bond donors (Lipinski definition) is 2. The van der Waals surface area contributed by atoms with E-state index in [1.54, 1.807) is 0 Å². The molecule has 2 N–H and O–H groups in total. The molecular weight excluding hydrogens is 344 g/mol. The van der Waals surface area contributed by atoms with E-state index in [-0.39, 0.29) is 5.41 Å². The first-order valence-corrected chi connectivity index (χ1v) is 7.50. The molecule has 94 valence electrons. The summed E-state index contributed by atoms with van der Waals surface area (Å²) < 4.78 is 2.22. The van der Waals surface area contributed by atoms with Gasteiger partial charge >= 0.3 is 0 Å². The molecule has 1 aliphatic heterocycles. The molecule has 1 saturated heterocycles. The number of anilines is 1. The summed E-state index contributed by atoms with van der Waals surface area (Å²) in [4.78, 5) is 0. The van der Waals surface area contributed by atoms with Crippen LogP contribution in [0.25, 0.3) is 0 Å². The van der Waals surface area contributed by atoms with Crippen LogP contribution in [0.3, 0.4) is 0 Å². The van der Waals surface area contributed by atoms with Crippen LogP contribution in [-0.2, 0) is 0 Å². The van der Waals surface area contributed by atoms with Gasteiger partial charge in [-0.05, 0) is 62.4 Å². The highest BCUT2D eigenvalue weighted by atomic mass is 79.9. The molecule has 0 spiro atoms.